The molecular formula is C15H16O3. The monoisotopic (exact) mass is 244 g/mol. The van der Waals surface area contributed by atoms with Crippen LogP contribution in [0.2, 0.25) is 0 Å². The fourth-order valence-electron chi connectivity index (χ4n) is 2.04. The summed E-state index contributed by atoms with van der Waals surface area (Å²) in [5.74, 6) is -0.973. The number of carboxylic acid groups (broad SMARTS) is 1. The zero-order valence-electron chi connectivity index (χ0n) is 10.5. The Kier molecular flexibility index (Phi) is 3.34. The normalized spacial score (nSPS) is 14.3. The van der Waals surface area contributed by atoms with E-state index in [1.807, 2.05) is 42.5 Å². The molecule has 0 fully saturated rings. The summed E-state index contributed by atoms with van der Waals surface area (Å²) in [5.41, 5.74) is -0.630. The third kappa shape index (κ3) is 2.09. The van der Waals surface area contributed by atoms with Crippen molar-refractivity contribution in [1.29, 1.82) is 0 Å². The Bertz CT molecular complexity index is 577. The largest absolute Gasteiger partial charge is 0.479 e. The van der Waals surface area contributed by atoms with Gasteiger partial charge in [0.2, 0.25) is 0 Å². The van der Waals surface area contributed by atoms with Gasteiger partial charge >= 0.3 is 5.97 Å². The molecule has 0 spiro atoms. The molecule has 0 aliphatic carbocycles. The lowest BCUT2D eigenvalue weighted by atomic mass is 9.93. The van der Waals surface area contributed by atoms with Gasteiger partial charge in [0.25, 0.3) is 0 Å². The Morgan fingerprint density at radius 3 is 2.50 bits per heavy atom. The second-order valence-electron chi connectivity index (χ2n) is 4.33. The average Bonchev–Trinajstić information content (AvgIpc) is 2.38. The molecule has 0 amide bonds. The molecule has 1 atom stereocenters. The minimum absolute atomic E-state index is 0.357. The second kappa shape index (κ2) is 4.78. The van der Waals surface area contributed by atoms with Crippen molar-refractivity contribution in [2.75, 3.05) is 6.61 Å². The first kappa shape index (κ1) is 12.6. The fraction of sp³-hybridized carbons (Fsp3) is 0.267. The van der Waals surface area contributed by atoms with Crippen LogP contribution in [-0.4, -0.2) is 17.7 Å². The molecule has 0 heterocycles. The Hall–Kier alpha value is -1.87. The number of rotatable bonds is 4. The SMILES string of the molecule is CCOC(C)(C(=O)O)c1ccc2ccccc2c1. The van der Waals surface area contributed by atoms with Crippen molar-refractivity contribution in [2.45, 2.75) is 19.4 Å². The van der Waals surface area contributed by atoms with E-state index in [0.29, 0.717) is 12.2 Å². The van der Waals surface area contributed by atoms with Crippen molar-refractivity contribution in [3.05, 3.63) is 48.0 Å². The molecule has 1 N–H and O–H groups in total. The quantitative estimate of drug-likeness (QED) is 0.898. The number of carbonyl (C=O) groups is 1. The van der Waals surface area contributed by atoms with Gasteiger partial charge in [0, 0.05) is 6.61 Å². The van der Waals surface area contributed by atoms with Gasteiger partial charge in [-0.05, 0) is 36.2 Å². The predicted molar refractivity (Wildman–Crippen MR) is 70.6 cm³/mol. The Morgan fingerprint density at radius 1 is 1.22 bits per heavy atom. The van der Waals surface area contributed by atoms with Crippen LogP contribution >= 0.6 is 0 Å². The van der Waals surface area contributed by atoms with Crippen LogP contribution in [0.3, 0.4) is 0 Å². The van der Waals surface area contributed by atoms with Gasteiger partial charge in [-0.3, -0.25) is 0 Å². The number of hydrogen-bond acceptors (Lipinski definition) is 2. The lowest BCUT2D eigenvalue weighted by Gasteiger charge is -2.25. The first-order chi connectivity index (χ1) is 8.58. The predicted octanol–water partition coefficient (Wildman–Crippen LogP) is 3.18. The third-order valence-electron chi connectivity index (χ3n) is 3.14. The van der Waals surface area contributed by atoms with Crippen molar-refractivity contribution in [3.63, 3.8) is 0 Å². The summed E-state index contributed by atoms with van der Waals surface area (Å²) in [4.78, 5) is 11.4. The number of ether oxygens (including phenoxy) is 1. The highest BCUT2D eigenvalue weighted by molar-refractivity contribution is 5.86. The fourth-order valence-corrected chi connectivity index (χ4v) is 2.04. The van der Waals surface area contributed by atoms with Gasteiger partial charge in [0.15, 0.2) is 5.60 Å². The summed E-state index contributed by atoms with van der Waals surface area (Å²) in [6, 6.07) is 13.5. The number of fused-ring (bicyclic) bond motifs is 1. The minimum atomic E-state index is -1.29. The molecule has 0 aliphatic rings. The molecule has 0 aliphatic heterocycles. The highest BCUT2D eigenvalue weighted by Gasteiger charge is 2.36. The topological polar surface area (TPSA) is 46.5 Å². The molecular weight excluding hydrogens is 228 g/mol. The van der Waals surface area contributed by atoms with Crippen LogP contribution in [0.5, 0.6) is 0 Å². The molecule has 0 bridgehead atoms. The van der Waals surface area contributed by atoms with E-state index in [-0.39, 0.29) is 0 Å². The van der Waals surface area contributed by atoms with Crippen molar-refractivity contribution in [3.8, 4) is 0 Å². The van der Waals surface area contributed by atoms with E-state index in [4.69, 9.17) is 4.74 Å². The molecule has 0 aromatic heterocycles. The maximum Gasteiger partial charge on any atom is 0.340 e. The van der Waals surface area contributed by atoms with Crippen LogP contribution in [0.15, 0.2) is 42.5 Å². The van der Waals surface area contributed by atoms with Crippen LogP contribution in [0.25, 0.3) is 10.8 Å². The standard InChI is InChI=1S/C15H16O3/c1-3-18-15(2,14(16)17)13-9-8-11-6-4-5-7-12(11)10-13/h4-10H,3H2,1-2H3,(H,16,17). The van der Waals surface area contributed by atoms with Crippen molar-refractivity contribution >= 4 is 16.7 Å². The highest BCUT2D eigenvalue weighted by atomic mass is 16.5. The zero-order valence-corrected chi connectivity index (χ0v) is 10.5. The number of benzene rings is 2. The highest BCUT2D eigenvalue weighted by Crippen LogP contribution is 2.28. The summed E-state index contributed by atoms with van der Waals surface area (Å²) in [6.07, 6.45) is 0. The van der Waals surface area contributed by atoms with Crippen LogP contribution in [-0.2, 0) is 15.1 Å². The van der Waals surface area contributed by atoms with Gasteiger partial charge in [-0.25, -0.2) is 4.79 Å². The molecule has 1 unspecified atom stereocenters. The number of carboxylic acids is 1. The summed E-state index contributed by atoms with van der Waals surface area (Å²) in [6.45, 7) is 3.74. The van der Waals surface area contributed by atoms with Gasteiger partial charge < -0.3 is 9.84 Å². The summed E-state index contributed by atoms with van der Waals surface area (Å²) in [7, 11) is 0. The van der Waals surface area contributed by atoms with E-state index in [9.17, 15) is 9.90 Å². The summed E-state index contributed by atoms with van der Waals surface area (Å²) < 4.78 is 5.43. The van der Waals surface area contributed by atoms with Crippen LogP contribution in [0.1, 0.15) is 19.4 Å². The molecule has 3 nitrogen and oxygen atoms in total. The van der Waals surface area contributed by atoms with E-state index >= 15 is 0 Å². The summed E-state index contributed by atoms with van der Waals surface area (Å²) >= 11 is 0. The third-order valence-corrected chi connectivity index (χ3v) is 3.14. The van der Waals surface area contributed by atoms with Gasteiger partial charge in [-0.2, -0.15) is 0 Å². The molecule has 94 valence electrons. The van der Waals surface area contributed by atoms with E-state index in [0.717, 1.165) is 10.8 Å². The zero-order chi connectivity index (χ0) is 13.2. The molecule has 2 aromatic carbocycles. The molecule has 18 heavy (non-hydrogen) atoms. The molecule has 0 saturated heterocycles. The van der Waals surface area contributed by atoms with Gasteiger partial charge in [0.05, 0.1) is 0 Å². The molecule has 2 aromatic rings. The lowest BCUT2D eigenvalue weighted by Crippen LogP contribution is -2.35. The summed E-state index contributed by atoms with van der Waals surface area (Å²) in [5, 5.41) is 11.5. The molecule has 2 rings (SSSR count). The molecule has 0 saturated carbocycles. The van der Waals surface area contributed by atoms with Gasteiger partial charge in [-0.1, -0.05) is 36.4 Å². The van der Waals surface area contributed by atoms with Crippen molar-refractivity contribution < 1.29 is 14.6 Å². The maximum atomic E-state index is 11.4. The Labute approximate surface area is 106 Å². The van der Waals surface area contributed by atoms with E-state index in [1.165, 1.54) is 0 Å². The molecule has 0 radical (unpaired) electrons. The van der Waals surface area contributed by atoms with Crippen LogP contribution in [0.4, 0.5) is 0 Å². The number of aliphatic carboxylic acids is 1. The van der Waals surface area contributed by atoms with Crippen molar-refractivity contribution in [2.24, 2.45) is 0 Å². The Balaban J connectivity index is 2.54. The second-order valence-corrected chi connectivity index (χ2v) is 4.33. The van der Waals surface area contributed by atoms with Crippen molar-refractivity contribution in [1.82, 2.24) is 0 Å². The van der Waals surface area contributed by atoms with E-state index in [1.54, 1.807) is 13.8 Å². The first-order valence-corrected chi connectivity index (χ1v) is 5.94. The smallest absolute Gasteiger partial charge is 0.340 e. The van der Waals surface area contributed by atoms with E-state index in [2.05, 4.69) is 0 Å². The minimum Gasteiger partial charge on any atom is -0.479 e. The maximum absolute atomic E-state index is 11.4. The lowest BCUT2D eigenvalue weighted by molar-refractivity contribution is -0.164. The van der Waals surface area contributed by atoms with Gasteiger partial charge in [0.1, 0.15) is 0 Å². The van der Waals surface area contributed by atoms with Crippen LogP contribution in [0, 0.1) is 0 Å². The number of hydrogen-bond donors (Lipinski definition) is 1. The molecule has 3 heteroatoms. The van der Waals surface area contributed by atoms with Crippen LogP contribution < -0.4 is 0 Å². The Morgan fingerprint density at radius 2 is 1.89 bits per heavy atom. The van der Waals surface area contributed by atoms with Gasteiger partial charge in [-0.15, -0.1) is 0 Å². The van der Waals surface area contributed by atoms with E-state index < -0.39 is 11.6 Å². The average molecular weight is 244 g/mol. The first-order valence-electron chi connectivity index (χ1n) is 5.94.